The molecule has 0 aliphatic carbocycles. The fraction of sp³-hybridized carbons (Fsp3) is 0.222. The highest BCUT2D eigenvalue weighted by Crippen LogP contribution is 2.36. The van der Waals surface area contributed by atoms with E-state index in [1.54, 1.807) is 6.07 Å². The Hall–Kier alpha value is -0.780. The summed E-state index contributed by atoms with van der Waals surface area (Å²) in [6, 6.07) is 1.99. The Kier molecular flexibility index (Phi) is 3.96. The number of phenolic OH excluding ortho intramolecular Hbond substituents is 1. The van der Waals surface area contributed by atoms with Crippen LogP contribution in [0.2, 0.25) is 5.02 Å². The summed E-state index contributed by atoms with van der Waals surface area (Å²) in [4.78, 5) is 11.2. The quantitative estimate of drug-likeness (QED) is 0.818. The smallest absolute Gasteiger partial charge is 0.327 e. The molecule has 0 fully saturated rings. The second-order valence-electron chi connectivity index (χ2n) is 2.79. The highest BCUT2D eigenvalue weighted by Gasteiger charge is 2.23. The summed E-state index contributed by atoms with van der Waals surface area (Å²) < 4.78 is 4.89. The van der Waals surface area contributed by atoms with E-state index in [2.05, 4.69) is 20.7 Å². The molecular weight excluding hydrogens is 285 g/mol. The molecule has 0 spiro atoms. The lowest BCUT2D eigenvalue weighted by Crippen LogP contribution is -2.23. The van der Waals surface area contributed by atoms with E-state index in [1.807, 2.05) is 0 Å². The van der Waals surface area contributed by atoms with E-state index in [1.165, 1.54) is 13.2 Å². The molecule has 0 radical (unpaired) electrons. The van der Waals surface area contributed by atoms with Gasteiger partial charge in [0.05, 0.1) is 11.6 Å². The summed E-state index contributed by atoms with van der Waals surface area (Å²) in [7, 11) is 1.21. The van der Waals surface area contributed by atoms with Gasteiger partial charge in [0, 0.05) is 10.6 Å². The second kappa shape index (κ2) is 4.83. The van der Waals surface area contributed by atoms with Gasteiger partial charge in [-0.25, -0.2) is 0 Å². The second-order valence-corrected chi connectivity index (χ2v) is 4.05. The van der Waals surface area contributed by atoms with Crippen molar-refractivity contribution >= 4 is 33.5 Å². The molecule has 0 heterocycles. The van der Waals surface area contributed by atoms with E-state index in [-0.39, 0.29) is 16.3 Å². The van der Waals surface area contributed by atoms with Crippen LogP contribution in [0, 0.1) is 0 Å². The van der Waals surface area contributed by atoms with Crippen molar-refractivity contribution in [1.82, 2.24) is 0 Å². The molecule has 1 atom stereocenters. The van der Waals surface area contributed by atoms with E-state index >= 15 is 0 Å². The number of ether oxygens (including phenoxy) is 1. The van der Waals surface area contributed by atoms with Crippen molar-refractivity contribution in [3.05, 3.63) is 27.2 Å². The van der Waals surface area contributed by atoms with Gasteiger partial charge < -0.3 is 15.6 Å². The van der Waals surface area contributed by atoms with Crippen LogP contribution < -0.4 is 5.73 Å². The number of esters is 1. The van der Waals surface area contributed by atoms with Crippen LogP contribution in [0.25, 0.3) is 0 Å². The first kappa shape index (κ1) is 12.3. The van der Waals surface area contributed by atoms with Crippen molar-refractivity contribution in [3.63, 3.8) is 0 Å². The standard InChI is InChI=1S/C9H9BrClNO3/c1-15-9(14)7(12)6-5(11)3-2-4(10)8(6)13/h2-3,7,13H,12H2,1H3/t7-/m1/s1. The minimum atomic E-state index is -1.10. The maximum atomic E-state index is 11.2. The van der Waals surface area contributed by atoms with Crippen LogP contribution in [0.5, 0.6) is 5.75 Å². The molecule has 0 saturated heterocycles. The molecule has 1 aromatic carbocycles. The highest BCUT2D eigenvalue weighted by atomic mass is 79.9. The topological polar surface area (TPSA) is 72.5 Å². The molecular formula is C9H9BrClNO3. The molecule has 4 nitrogen and oxygen atoms in total. The summed E-state index contributed by atoms with van der Waals surface area (Å²) in [5, 5.41) is 9.89. The van der Waals surface area contributed by atoms with Crippen molar-refractivity contribution in [2.45, 2.75) is 6.04 Å². The molecule has 0 unspecified atom stereocenters. The number of halogens is 2. The van der Waals surface area contributed by atoms with Gasteiger partial charge in [0.25, 0.3) is 0 Å². The average molecular weight is 295 g/mol. The Bertz CT molecular complexity index is 397. The number of benzene rings is 1. The first-order chi connectivity index (χ1) is 6.99. The lowest BCUT2D eigenvalue weighted by molar-refractivity contribution is -0.142. The number of hydrogen-bond acceptors (Lipinski definition) is 4. The highest BCUT2D eigenvalue weighted by molar-refractivity contribution is 9.10. The molecule has 6 heteroatoms. The van der Waals surface area contributed by atoms with Gasteiger partial charge in [-0.1, -0.05) is 11.6 Å². The van der Waals surface area contributed by atoms with Gasteiger partial charge in [0.15, 0.2) is 0 Å². The van der Waals surface area contributed by atoms with E-state index in [0.717, 1.165) is 0 Å². The monoisotopic (exact) mass is 293 g/mol. The number of phenols is 1. The maximum absolute atomic E-state index is 11.2. The lowest BCUT2D eigenvalue weighted by atomic mass is 10.1. The third-order valence-corrected chi connectivity index (χ3v) is 2.85. The molecule has 0 saturated carbocycles. The van der Waals surface area contributed by atoms with Crippen molar-refractivity contribution in [2.75, 3.05) is 7.11 Å². The van der Waals surface area contributed by atoms with Crippen LogP contribution in [0.1, 0.15) is 11.6 Å². The third kappa shape index (κ3) is 2.42. The fourth-order valence-electron chi connectivity index (χ4n) is 1.10. The Morgan fingerprint density at radius 3 is 2.80 bits per heavy atom. The van der Waals surface area contributed by atoms with Gasteiger partial charge in [-0.05, 0) is 28.1 Å². The van der Waals surface area contributed by atoms with E-state index in [9.17, 15) is 9.90 Å². The molecule has 0 aliphatic rings. The number of carbonyl (C=O) groups excluding carboxylic acids is 1. The zero-order valence-electron chi connectivity index (χ0n) is 7.83. The van der Waals surface area contributed by atoms with Gasteiger partial charge in [0.1, 0.15) is 11.8 Å². The largest absolute Gasteiger partial charge is 0.506 e. The molecule has 0 aromatic heterocycles. The molecule has 0 amide bonds. The van der Waals surface area contributed by atoms with Crippen LogP contribution in [0.3, 0.4) is 0 Å². The Morgan fingerprint density at radius 1 is 1.67 bits per heavy atom. The van der Waals surface area contributed by atoms with Crippen LogP contribution in [0.4, 0.5) is 0 Å². The van der Waals surface area contributed by atoms with Crippen molar-refractivity contribution in [3.8, 4) is 5.75 Å². The number of nitrogens with two attached hydrogens (primary N) is 1. The zero-order valence-corrected chi connectivity index (χ0v) is 10.2. The van der Waals surface area contributed by atoms with Crippen LogP contribution in [0.15, 0.2) is 16.6 Å². The minimum absolute atomic E-state index is 0.151. The van der Waals surface area contributed by atoms with Gasteiger partial charge in [-0.3, -0.25) is 4.79 Å². The average Bonchev–Trinajstić information content (AvgIpc) is 2.22. The number of carbonyl (C=O) groups is 1. The molecule has 1 aromatic rings. The van der Waals surface area contributed by atoms with Gasteiger partial charge >= 0.3 is 5.97 Å². The fourth-order valence-corrected chi connectivity index (χ4v) is 1.71. The maximum Gasteiger partial charge on any atom is 0.327 e. The third-order valence-electron chi connectivity index (χ3n) is 1.88. The van der Waals surface area contributed by atoms with Crippen LogP contribution in [-0.2, 0) is 9.53 Å². The summed E-state index contributed by atoms with van der Waals surface area (Å²) in [5.41, 5.74) is 5.73. The normalized spacial score (nSPS) is 12.3. The number of methoxy groups -OCH3 is 1. The molecule has 3 N–H and O–H groups in total. The van der Waals surface area contributed by atoms with E-state index in [0.29, 0.717) is 4.47 Å². The van der Waals surface area contributed by atoms with E-state index in [4.69, 9.17) is 17.3 Å². The summed E-state index contributed by atoms with van der Waals surface area (Å²) >= 11 is 8.93. The first-order valence-electron chi connectivity index (χ1n) is 3.99. The lowest BCUT2D eigenvalue weighted by Gasteiger charge is -2.13. The van der Waals surface area contributed by atoms with Crippen molar-refractivity contribution in [2.24, 2.45) is 5.73 Å². The van der Waals surface area contributed by atoms with Crippen LogP contribution >= 0.6 is 27.5 Å². The predicted octanol–water partition coefficient (Wildman–Crippen LogP) is 1.98. The Labute approximate surface area is 100 Å². The number of rotatable bonds is 2. The van der Waals surface area contributed by atoms with Gasteiger partial charge in [-0.2, -0.15) is 0 Å². The Balaban J connectivity index is 3.24. The zero-order chi connectivity index (χ0) is 11.6. The predicted molar refractivity (Wildman–Crippen MR) is 59.8 cm³/mol. The molecule has 82 valence electrons. The number of hydrogen-bond donors (Lipinski definition) is 2. The molecule has 1 rings (SSSR count). The summed E-state index contributed by atoms with van der Waals surface area (Å²) in [6.45, 7) is 0. The van der Waals surface area contributed by atoms with Crippen molar-refractivity contribution < 1.29 is 14.6 Å². The molecule has 15 heavy (non-hydrogen) atoms. The summed E-state index contributed by atoms with van der Waals surface area (Å²) in [5.74, 6) is -0.814. The van der Waals surface area contributed by atoms with E-state index < -0.39 is 12.0 Å². The minimum Gasteiger partial charge on any atom is -0.506 e. The SMILES string of the molecule is COC(=O)[C@H](N)c1c(Cl)ccc(Br)c1O. The van der Waals surface area contributed by atoms with Crippen LogP contribution in [-0.4, -0.2) is 18.2 Å². The molecule has 0 bridgehead atoms. The molecule has 0 aliphatic heterocycles. The first-order valence-corrected chi connectivity index (χ1v) is 5.16. The number of aromatic hydroxyl groups is 1. The van der Waals surface area contributed by atoms with Gasteiger partial charge in [0.2, 0.25) is 0 Å². The van der Waals surface area contributed by atoms with Crippen molar-refractivity contribution in [1.29, 1.82) is 0 Å². The summed E-state index contributed by atoms with van der Waals surface area (Å²) in [6.07, 6.45) is 0. The Morgan fingerprint density at radius 2 is 2.27 bits per heavy atom. The van der Waals surface area contributed by atoms with Gasteiger partial charge in [-0.15, -0.1) is 0 Å².